The monoisotopic (exact) mass is 484 g/mol. The number of nitrogens with one attached hydrogen (secondary N) is 2. The fraction of sp³-hybridized carbons (Fsp3) is 0.138. The summed E-state index contributed by atoms with van der Waals surface area (Å²) in [4.78, 5) is 12.6. The van der Waals surface area contributed by atoms with Crippen molar-refractivity contribution in [3.8, 4) is 0 Å². The van der Waals surface area contributed by atoms with Crippen LogP contribution in [0.25, 0.3) is 0 Å². The van der Waals surface area contributed by atoms with Crippen molar-refractivity contribution in [1.82, 2.24) is 0 Å². The number of sulfonamides is 1. The first-order chi connectivity index (χ1) is 17.0. The van der Waals surface area contributed by atoms with Gasteiger partial charge in [0.1, 0.15) is 0 Å². The van der Waals surface area contributed by atoms with Crippen LogP contribution in [-0.2, 0) is 34.1 Å². The Bertz CT molecular complexity index is 1370. The maximum atomic E-state index is 12.8. The summed E-state index contributed by atoms with van der Waals surface area (Å²) < 4.78 is 28.3. The number of hydrogen-bond acceptors (Lipinski definition) is 3. The zero-order valence-corrected chi connectivity index (χ0v) is 20.2. The lowest BCUT2D eigenvalue weighted by Gasteiger charge is -2.13. The van der Waals surface area contributed by atoms with Crippen molar-refractivity contribution in [3.05, 3.63) is 126 Å². The molecule has 0 saturated heterocycles. The Morgan fingerprint density at radius 2 is 1.31 bits per heavy atom. The molecule has 0 saturated carbocycles. The molecule has 0 aliphatic carbocycles. The van der Waals surface area contributed by atoms with E-state index in [9.17, 15) is 13.2 Å². The van der Waals surface area contributed by atoms with Gasteiger partial charge in [0, 0.05) is 12.1 Å². The largest absolute Gasteiger partial charge is 0.326 e. The normalized spacial score (nSPS) is 11.1. The number of benzene rings is 4. The zero-order valence-electron chi connectivity index (χ0n) is 19.4. The molecular weight excluding hydrogens is 456 g/mol. The average Bonchev–Trinajstić information content (AvgIpc) is 2.88. The van der Waals surface area contributed by atoms with E-state index in [0.717, 1.165) is 22.4 Å². The van der Waals surface area contributed by atoms with E-state index in [1.165, 1.54) is 0 Å². The molecule has 0 aromatic heterocycles. The zero-order chi connectivity index (χ0) is 24.5. The summed E-state index contributed by atoms with van der Waals surface area (Å²) >= 11 is 0. The first-order valence-electron chi connectivity index (χ1n) is 11.6. The summed E-state index contributed by atoms with van der Waals surface area (Å²) in [7, 11) is -3.66. The van der Waals surface area contributed by atoms with Gasteiger partial charge in [0.15, 0.2) is 0 Å². The van der Waals surface area contributed by atoms with E-state index in [0.29, 0.717) is 31.4 Å². The van der Waals surface area contributed by atoms with Gasteiger partial charge >= 0.3 is 0 Å². The van der Waals surface area contributed by atoms with Crippen molar-refractivity contribution in [3.63, 3.8) is 0 Å². The minimum absolute atomic E-state index is 0.0216. The number of anilines is 2. The van der Waals surface area contributed by atoms with E-state index in [4.69, 9.17) is 0 Å². The number of amides is 1. The number of hydrogen-bond donors (Lipinski definition) is 2. The van der Waals surface area contributed by atoms with Gasteiger partial charge in [-0.25, -0.2) is 8.42 Å². The Morgan fingerprint density at radius 1 is 0.657 bits per heavy atom. The quantitative estimate of drug-likeness (QED) is 0.297. The summed E-state index contributed by atoms with van der Waals surface area (Å²) in [6.45, 7) is 0. The molecule has 0 heterocycles. The molecule has 0 aliphatic heterocycles. The molecule has 0 fully saturated rings. The fourth-order valence-corrected chi connectivity index (χ4v) is 4.97. The van der Waals surface area contributed by atoms with Crippen molar-refractivity contribution >= 4 is 27.3 Å². The second-order valence-corrected chi connectivity index (χ2v) is 9.99. The SMILES string of the molecule is O=C(CCc1ccccc1)Nc1cccc(CCc2ccccc2NS(=O)(=O)c2ccccc2)c1. The Labute approximate surface area is 206 Å². The van der Waals surface area contributed by atoms with Crippen LogP contribution < -0.4 is 10.0 Å². The third-order valence-corrected chi connectivity index (χ3v) is 7.07. The van der Waals surface area contributed by atoms with Crippen LogP contribution in [0.5, 0.6) is 0 Å². The van der Waals surface area contributed by atoms with E-state index in [1.807, 2.05) is 72.8 Å². The predicted octanol–water partition coefficient (Wildman–Crippen LogP) is 5.84. The summed E-state index contributed by atoms with van der Waals surface area (Å²) in [5.74, 6) is -0.0216. The second kappa shape index (κ2) is 11.5. The highest BCUT2D eigenvalue weighted by Crippen LogP contribution is 2.22. The molecule has 35 heavy (non-hydrogen) atoms. The van der Waals surface area contributed by atoms with Crippen molar-refractivity contribution in [1.29, 1.82) is 0 Å². The van der Waals surface area contributed by atoms with Gasteiger partial charge in [-0.3, -0.25) is 9.52 Å². The molecule has 5 nitrogen and oxygen atoms in total. The molecular formula is C29H28N2O3S. The van der Waals surface area contributed by atoms with Gasteiger partial charge in [-0.15, -0.1) is 0 Å². The molecule has 0 unspecified atom stereocenters. The molecule has 2 N–H and O–H groups in total. The molecule has 4 aromatic rings. The van der Waals surface area contributed by atoms with E-state index in [-0.39, 0.29) is 10.8 Å². The minimum atomic E-state index is -3.66. The Balaban J connectivity index is 1.37. The van der Waals surface area contributed by atoms with Crippen LogP contribution in [-0.4, -0.2) is 14.3 Å². The van der Waals surface area contributed by atoms with Crippen LogP contribution in [0.15, 0.2) is 114 Å². The van der Waals surface area contributed by atoms with E-state index in [1.54, 1.807) is 36.4 Å². The molecule has 0 radical (unpaired) electrons. The van der Waals surface area contributed by atoms with Crippen LogP contribution in [0, 0.1) is 0 Å². The standard InChI is InChI=1S/C29H28N2O3S/c32-29(21-19-23-10-3-1-4-11-23)30-26-14-9-12-24(22-26)18-20-25-13-7-8-17-28(25)31-35(33,34)27-15-5-2-6-16-27/h1-17,22,31H,18-21H2,(H,30,32). The lowest BCUT2D eigenvalue weighted by atomic mass is 10.0. The lowest BCUT2D eigenvalue weighted by Crippen LogP contribution is -2.14. The number of aryl methyl sites for hydroxylation is 3. The maximum Gasteiger partial charge on any atom is 0.261 e. The highest BCUT2D eigenvalue weighted by atomic mass is 32.2. The molecule has 178 valence electrons. The van der Waals surface area contributed by atoms with Gasteiger partial charge in [0.25, 0.3) is 10.0 Å². The van der Waals surface area contributed by atoms with Crippen LogP contribution >= 0.6 is 0 Å². The van der Waals surface area contributed by atoms with Crippen LogP contribution in [0.2, 0.25) is 0 Å². The van der Waals surface area contributed by atoms with Gasteiger partial charge in [-0.05, 0) is 66.3 Å². The topological polar surface area (TPSA) is 75.3 Å². The van der Waals surface area contributed by atoms with Gasteiger partial charge in [0.2, 0.25) is 5.91 Å². The number of rotatable bonds is 10. The van der Waals surface area contributed by atoms with E-state index < -0.39 is 10.0 Å². The molecule has 0 bridgehead atoms. The van der Waals surface area contributed by atoms with E-state index >= 15 is 0 Å². The van der Waals surface area contributed by atoms with E-state index in [2.05, 4.69) is 10.0 Å². The second-order valence-electron chi connectivity index (χ2n) is 8.31. The third-order valence-electron chi connectivity index (χ3n) is 5.69. The maximum absolute atomic E-state index is 12.8. The van der Waals surface area contributed by atoms with Gasteiger partial charge in [-0.1, -0.05) is 78.9 Å². The lowest BCUT2D eigenvalue weighted by molar-refractivity contribution is -0.116. The summed E-state index contributed by atoms with van der Waals surface area (Å²) in [5, 5.41) is 2.98. The average molecular weight is 485 g/mol. The predicted molar refractivity (Wildman–Crippen MR) is 141 cm³/mol. The van der Waals surface area contributed by atoms with Crippen LogP contribution in [0.1, 0.15) is 23.1 Å². The summed E-state index contributed by atoms with van der Waals surface area (Å²) in [6.07, 6.45) is 2.47. The molecule has 4 aromatic carbocycles. The van der Waals surface area contributed by atoms with Crippen LogP contribution in [0.4, 0.5) is 11.4 Å². The van der Waals surface area contributed by atoms with Gasteiger partial charge < -0.3 is 5.32 Å². The van der Waals surface area contributed by atoms with Crippen molar-refractivity contribution in [2.45, 2.75) is 30.6 Å². The third kappa shape index (κ3) is 7.04. The number of para-hydroxylation sites is 1. The summed E-state index contributed by atoms with van der Waals surface area (Å²) in [5.41, 5.74) is 4.44. The molecule has 0 atom stereocenters. The molecule has 0 aliphatic rings. The van der Waals surface area contributed by atoms with Crippen LogP contribution in [0.3, 0.4) is 0 Å². The molecule has 0 spiro atoms. The van der Waals surface area contributed by atoms with Crippen molar-refractivity contribution in [2.24, 2.45) is 0 Å². The highest BCUT2D eigenvalue weighted by molar-refractivity contribution is 7.92. The molecule has 4 rings (SSSR count). The first-order valence-corrected chi connectivity index (χ1v) is 13.1. The minimum Gasteiger partial charge on any atom is -0.326 e. The molecule has 6 heteroatoms. The fourth-order valence-electron chi connectivity index (χ4n) is 3.85. The molecule has 1 amide bonds. The Morgan fingerprint density at radius 3 is 2.09 bits per heavy atom. The Hall–Kier alpha value is -3.90. The number of carbonyl (C=O) groups excluding carboxylic acids is 1. The van der Waals surface area contributed by atoms with Gasteiger partial charge in [0.05, 0.1) is 10.6 Å². The summed E-state index contributed by atoms with van der Waals surface area (Å²) in [6, 6.07) is 33.5. The van der Waals surface area contributed by atoms with Crippen molar-refractivity contribution < 1.29 is 13.2 Å². The van der Waals surface area contributed by atoms with Gasteiger partial charge in [-0.2, -0.15) is 0 Å². The first kappa shape index (κ1) is 24.2. The number of carbonyl (C=O) groups is 1. The highest BCUT2D eigenvalue weighted by Gasteiger charge is 2.15. The smallest absolute Gasteiger partial charge is 0.261 e. The Kier molecular flexibility index (Phi) is 7.95. The van der Waals surface area contributed by atoms with Crippen molar-refractivity contribution in [2.75, 3.05) is 10.0 Å².